The first-order valence-electron chi connectivity index (χ1n) is 17.7. The average Bonchev–Trinajstić information content (AvgIpc) is 3.50. The van der Waals surface area contributed by atoms with Crippen molar-refractivity contribution in [3.8, 4) is 22.9 Å². The molecule has 8 aromatic rings. The molecule has 0 amide bonds. The number of benzene rings is 6. The summed E-state index contributed by atoms with van der Waals surface area (Å²) < 4.78 is 6.59. The molecule has 244 valence electrons. The Labute approximate surface area is 302 Å². The molecule has 11 rings (SSSR count). The number of anilines is 3. The molecule has 52 heavy (non-hydrogen) atoms. The van der Waals surface area contributed by atoms with Crippen molar-refractivity contribution in [2.24, 2.45) is 0 Å². The maximum Gasteiger partial charge on any atom is 0.132 e. The van der Waals surface area contributed by atoms with Crippen molar-refractivity contribution in [3.63, 3.8) is 0 Å². The van der Waals surface area contributed by atoms with E-state index in [0.717, 1.165) is 62.2 Å². The van der Waals surface area contributed by atoms with E-state index in [-0.39, 0.29) is 0 Å². The van der Waals surface area contributed by atoms with Crippen LogP contribution in [0.2, 0.25) is 0 Å². The normalized spacial score (nSPS) is 15.0. The quantitative estimate of drug-likeness (QED) is 0.188. The lowest BCUT2D eigenvalue weighted by Gasteiger charge is -2.46. The highest BCUT2D eigenvalue weighted by Gasteiger charge is 2.53. The fourth-order valence-electron chi connectivity index (χ4n) is 9.36. The Balaban J connectivity index is 1.22. The number of aromatic nitrogens is 2. The van der Waals surface area contributed by atoms with E-state index in [1.807, 2.05) is 30.6 Å². The van der Waals surface area contributed by atoms with E-state index >= 15 is 0 Å². The number of hydrogen-bond donors (Lipinski definition) is 0. The van der Waals surface area contributed by atoms with E-state index in [9.17, 15) is 0 Å². The van der Waals surface area contributed by atoms with E-state index in [1.165, 1.54) is 22.3 Å². The van der Waals surface area contributed by atoms with Gasteiger partial charge in [-0.1, -0.05) is 140 Å². The van der Waals surface area contributed by atoms with Crippen LogP contribution in [0.3, 0.4) is 0 Å². The molecule has 1 spiro atoms. The summed E-state index contributed by atoms with van der Waals surface area (Å²) in [4.78, 5) is 12.7. The van der Waals surface area contributed by atoms with Crippen LogP contribution >= 0.6 is 0 Å². The summed E-state index contributed by atoms with van der Waals surface area (Å²) in [6.45, 7) is 0. The van der Waals surface area contributed by atoms with Crippen molar-refractivity contribution in [2.45, 2.75) is 10.8 Å². The second kappa shape index (κ2) is 10.9. The van der Waals surface area contributed by atoms with Gasteiger partial charge < -0.3 is 9.64 Å². The van der Waals surface area contributed by atoms with Crippen molar-refractivity contribution in [2.75, 3.05) is 4.90 Å². The van der Waals surface area contributed by atoms with E-state index in [0.29, 0.717) is 0 Å². The minimum absolute atomic E-state index is 0.545. The van der Waals surface area contributed by atoms with Gasteiger partial charge in [0.1, 0.15) is 11.5 Å². The first-order valence-corrected chi connectivity index (χ1v) is 17.7. The third-order valence-electron chi connectivity index (χ3n) is 11.3. The number of hydrogen-bond acceptors (Lipinski definition) is 4. The van der Waals surface area contributed by atoms with Crippen LogP contribution in [0.4, 0.5) is 17.1 Å². The van der Waals surface area contributed by atoms with Gasteiger partial charge in [-0.05, 0) is 64.2 Å². The summed E-state index contributed by atoms with van der Waals surface area (Å²) in [5, 5.41) is 0. The predicted octanol–water partition coefficient (Wildman–Crippen LogP) is 11.1. The molecule has 2 aromatic heterocycles. The summed E-state index contributed by atoms with van der Waals surface area (Å²) in [6, 6.07) is 63.0. The van der Waals surface area contributed by atoms with Crippen LogP contribution in [0.5, 0.6) is 11.5 Å². The second-order valence-corrected chi connectivity index (χ2v) is 13.7. The van der Waals surface area contributed by atoms with Crippen LogP contribution in [0, 0.1) is 0 Å². The van der Waals surface area contributed by atoms with Gasteiger partial charge in [-0.3, -0.25) is 9.97 Å². The summed E-state index contributed by atoms with van der Waals surface area (Å²) in [5.74, 6) is 1.69. The van der Waals surface area contributed by atoms with Crippen LogP contribution in [0.15, 0.2) is 188 Å². The fourth-order valence-corrected chi connectivity index (χ4v) is 9.36. The van der Waals surface area contributed by atoms with Crippen LogP contribution < -0.4 is 9.64 Å². The molecule has 0 N–H and O–H groups in total. The summed E-state index contributed by atoms with van der Waals surface area (Å²) in [6.07, 6.45) is 3.90. The van der Waals surface area contributed by atoms with Gasteiger partial charge in [0, 0.05) is 22.9 Å². The van der Waals surface area contributed by atoms with Crippen molar-refractivity contribution in [1.82, 2.24) is 9.97 Å². The van der Waals surface area contributed by atoms with Crippen molar-refractivity contribution < 1.29 is 4.74 Å². The number of ether oxygens (including phenoxy) is 1. The molecule has 4 heterocycles. The summed E-state index contributed by atoms with van der Waals surface area (Å²) >= 11 is 0. The highest BCUT2D eigenvalue weighted by atomic mass is 16.5. The zero-order valence-corrected chi connectivity index (χ0v) is 28.1. The molecule has 1 aliphatic carbocycles. The molecule has 4 heteroatoms. The Morgan fingerprint density at radius 1 is 0.404 bits per heavy atom. The first kappa shape index (κ1) is 29.0. The number of para-hydroxylation sites is 4. The molecular formula is C48H31N3O. The molecule has 4 nitrogen and oxygen atoms in total. The molecule has 6 aromatic carbocycles. The third-order valence-corrected chi connectivity index (χ3v) is 11.3. The number of pyridine rings is 2. The lowest BCUT2D eigenvalue weighted by Crippen LogP contribution is -2.38. The van der Waals surface area contributed by atoms with E-state index < -0.39 is 10.8 Å². The zero-order valence-electron chi connectivity index (χ0n) is 28.1. The smallest absolute Gasteiger partial charge is 0.132 e. The van der Waals surface area contributed by atoms with Crippen LogP contribution in [0.1, 0.15) is 44.5 Å². The van der Waals surface area contributed by atoms with Crippen LogP contribution in [-0.4, -0.2) is 9.97 Å². The Morgan fingerprint density at radius 2 is 0.885 bits per heavy atom. The van der Waals surface area contributed by atoms with Gasteiger partial charge in [-0.2, -0.15) is 0 Å². The topological polar surface area (TPSA) is 38.2 Å². The molecule has 0 saturated carbocycles. The molecule has 0 fully saturated rings. The fraction of sp³-hybridized carbons (Fsp3) is 0.0417. The van der Waals surface area contributed by atoms with Gasteiger partial charge in [0.05, 0.1) is 45.5 Å². The second-order valence-electron chi connectivity index (χ2n) is 13.7. The highest BCUT2D eigenvalue weighted by molar-refractivity contribution is 5.92. The van der Waals surface area contributed by atoms with E-state index in [2.05, 4.69) is 163 Å². The molecular weight excluding hydrogens is 635 g/mol. The molecule has 2 aliphatic heterocycles. The molecule has 0 atom stereocenters. The predicted molar refractivity (Wildman–Crippen MR) is 206 cm³/mol. The molecule has 0 saturated heterocycles. The van der Waals surface area contributed by atoms with Crippen LogP contribution in [0.25, 0.3) is 11.4 Å². The molecule has 3 aliphatic rings. The standard InChI is InChI=1S/C48H31N3O/c1-3-16-32(17-4-1)47(33-18-5-2-6-19-33)35-20-7-11-25-41(35)51(42-26-12-8-21-36(42)47)34-30-40-46(50-31-34)45-39(24-15-29-49-45)48(40)37-22-9-13-27-43(37)52-44-28-14-10-23-38(44)48/h1-31H. The Bertz CT molecular complexity index is 2550. The molecule has 0 bridgehead atoms. The Hall–Kier alpha value is -6.78. The molecule has 0 unspecified atom stereocenters. The highest BCUT2D eigenvalue weighted by Crippen LogP contribution is 2.63. The maximum absolute atomic E-state index is 6.59. The van der Waals surface area contributed by atoms with Crippen molar-refractivity contribution in [1.29, 1.82) is 0 Å². The largest absolute Gasteiger partial charge is 0.457 e. The van der Waals surface area contributed by atoms with Crippen molar-refractivity contribution in [3.05, 3.63) is 233 Å². The maximum atomic E-state index is 6.59. The van der Waals surface area contributed by atoms with Gasteiger partial charge in [0.25, 0.3) is 0 Å². The van der Waals surface area contributed by atoms with Crippen molar-refractivity contribution >= 4 is 17.1 Å². The summed E-state index contributed by atoms with van der Waals surface area (Å²) in [5.41, 5.74) is 13.1. The Morgan fingerprint density at radius 3 is 1.48 bits per heavy atom. The lowest BCUT2D eigenvalue weighted by atomic mass is 9.62. The monoisotopic (exact) mass is 665 g/mol. The van der Waals surface area contributed by atoms with Crippen LogP contribution in [-0.2, 0) is 10.8 Å². The van der Waals surface area contributed by atoms with Gasteiger partial charge in [-0.25, -0.2) is 0 Å². The molecule has 0 radical (unpaired) electrons. The van der Waals surface area contributed by atoms with Gasteiger partial charge in [0.2, 0.25) is 0 Å². The Kier molecular flexibility index (Phi) is 6.06. The third kappa shape index (κ3) is 3.65. The zero-order chi connectivity index (χ0) is 34.3. The minimum Gasteiger partial charge on any atom is -0.457 e. The average molecular weight is 666 g/mol. The van der Waals surface area contributed by atoms with E-state index in [4.69, 9.17) is 14.7 Å². The minimum atomic E-state index is -0.667. The SMILES string of the molecule is c1ccc(C2(c3ccccc3)c3ccccc3N(c3cnc4c(c3)C3(c5ccccc5Oc5ccccc53)c3cccnc3-4)c3ccccc32)cc1. The van der Waals surface area contributed by atoms with Gasteiger partial charge in [0.15, 0.2) is 0 Å². The first-order chi connectivity index (χ1) is 25.8. The van der Waals surface area contributed by atoms with Gasteiger partial charge >= 0.3 is 0 Å². The number of rotatable bonds is 3. The summed E-state index contributed by atoms with van der Waals surface area (Å²) in [7, 11) is 0. The van der Waals surface area contributed by atoms with E-state index in [1.54, 1.807) is 0 Å². The lowest BCUT2D eigenvalue weighted by molar-refractivity contribution is 0.436. The number of fused-ring (bicyclic) bond motifs is 11. The number of nitrogens with zero attached hydrogens (tertiary/aromatic N) is 3. The van der Waals surface area contributed by atoms with Gasteiger partial charge in [-0.15, -0.1) is 0 Å².